The molecule has 0 spiro atoms. The Balaban J connectivity index is 1.44. The monoisotopic (exact) mass is 468 g/mol. The second kappa shape index (κ2) is 7.71. The van der Waals surface area contributed by atoms with Crippen molar-refractivity contribution in [1.82, 2.24) is 24.8 Å². The maximum absolute atomic E-state index is 14.7. The maximum Gasteiger partial charge on any atom is 0.255 e. The van der Waals surface area contributed by atoms with Crippen LogP contribution >= 0.6 is 15.9 Å². The summed E-state index contributed by atoms with van der Waals surface area (Å²) in [5, 5.41) is 3.36. The third-order valence-electron chi connectivity index (χ3n) is 5.74. The molecule has 30 heavy (non-hydrogen) atoms. The van der Waals surface area contributed by atoms with Crippen molar-refractivity contribution in [2.24, 2.45) is 0 Å². The molecule has 7 nitrogen and oxygen atoms in total. The number of halogens is 2. The van der Waals surface area contributed by atoms with Crippen molar-refractivity contribution < 1.29 is 9.18 Å². The van der Waals surface area contributed by atoms with E-state index in [1.54, 1.807) is 43.0 Å². The second-order valence-electron chi connectivity index (χ2n) is 7.46. The van der Waals surface area contributed by atoms with Gasteiger partial charge in [0, 0.05) is 30.8 Å². The Morgan fingerprint density at radius 3 is 2.63 bits per heavy atom. The molecule has 0 saturated carbocycles. The van der Waals surface area contributed by atoms with E-state index < -0.39 is 5.82 Å². The maximum atomic E-state index is 14.7. The molecule has 2 aliphatic rings. The molecule has 2 saturated heterocycles. The molecule has 0 aliphatic carbocycles. The minimum absolute atomic E-state index is 0.00237. The van der Waals surface area contributed by atoms with E-state index in [4.69, 9.17) is 0 Å². The van der Waals surface area contributed by atoms with Crippen LogP contribution in [0.1, 0.15) is 29.6 Å². The van der Waals surface area contributed by atoms with Crippen molar-refractivity contribution in [2.75, 3.05) is 5.32 Å². The Kier molecular flexibility index (Phi) is 4.90. The molecule has 5 rings (SSSR count). The Morgan fingerprint density at radius 1 is 1.10 bits per heavy atom. The van der Waals surface area contributed by atoms with Gasteiger partial charge >= 0.3 is 0 Å². The van der Waals surface area contributed by atoms with Gasteiger partial charge in [0.05, 0.1) is 27.7 Å². The van der Waals surface area contributed by atoms with Gasteiger partial charge < -0.3 is 10.2 Å². The molecule has 2 aliphatic heterocycles. The van der Waals surface area contributed by atoms with Gasteiger partial charge in [-0.1, -0.05) is 6.07 Å². The fourth-order valence-corrected chi connectivity index (χ4v) is 4.71. The molecular weight excluding hydrogens is 451 g/mol. The first kappa shape index (κ1) is 19.0. The Labute approximate surface area is 180 Å². The first-order chi connectivity index (χ1) is 14.6. The topological polar surface area (TPSA) is 83.9 Å². The molecule has 1 aromatic carbocycles. The molecule has 2 bridgehead atoms. The number of hydrogen-bond acceptors (Lipinski definition) is 6. The smallest absolute Gasteiger partial charge is 0.255 e. The molecule has 1 amide bonds. The van der Waals surface area contributed by atoms with E-state index >= 15 is 0 Å². The molecule has 1 N–H and O–H groups in total. The van der Waals surface area contributed by atoms with Crippen LogP contribution in [0.4, 0.5) is 10.3 Å². The van der Waals surface area contributed by atoms with Crippen molar-refractivity contribution in [3.8, 4) is 11.4 Å². The van der Waals surface area contributed by atoms with Gasteiger partial charge in [-0.3, -0.25) is 4.79 Å². The van der Waals surface area contributed by atoms with Crippen LogP contribution < -0.4 is 5.32 Å². The summed E-state index contributed by atoms with van der Waals surface area (Å²) in [5.41, 5.74) is 0.439. The summed E-state index contributed by atoms with van der Waals surface area (Å²) in [6.07, 6.45) is 9.08. The van der Waals surface area contributed by atoms with E-state index in [9.17, 15) is 9.18 Å². The van der Waals surface area contributed by atoms with E-state index in [1.807, 2.05) is 4.90 Å². The van der Waals surface area contributed by atoms with Crippen LogP contribution in [0.5, 0.6) is 0 Å². The summed E-state index contributed by atoms with van der Waals surface area (Å²) in [4.78, 5) is 32.3. The van der Waals surface area contributed by atoms with E-state index in [1.165, 1.54) is 6.07 Å². The lowest BCUT2D eigenvalue weighted by Crippen LogP contribution is -2.40. The van der Waals surface area contributed by atoms with Crippen LogP contribution in [0.2, 0.25) is 0 Å². The van der Waals surface area contributed by atoms with Crippen LogP contribution in [-0.2, 0) is 0 Å². The number of amides is 1. The van der Waals surface area contributed by atoms with Crippen LogP contribution in [0.15, 0.2) is 53.5 Å². The number of rotatable bonds is 4. The van der Waals surface area contributed by atoms with Crippen molar-refractivity contribution in [1.29, 1.82) is 0 Å². The number of nitrogens with one attached hydrogen (secondary N) is 1. The van der Waals surface area contributed by atoms with Crippen LogP contribution in [-0.4, -0.2) is 48.9 Å². The fourth-order valence-electron chi connectivity index (χ4n) is 4.51. The minimum atomic E-state index is -0.503. The lowest BCUT2D eigenvalue weighted by atomic mass is 9.96. The van der Waals surface area contributed by atoms with Gasteiger partial charge in [0.15, 0.2) is 5.82 Å². The van der Waals surface area contributed by atoms with Gasteiger partial charge in [0.2, 0.25) is 5.95 Å². The molecule has 0 radical (unpaired) electrons. The molecule has 2 aromatic heterocycles. The summed E-state index contributed by atoms with van der Waals surface area (Å²) >= 11 is 3.33. The molecule has 3 unspecified atom stereocenters. The Bertz CT molecular complexity index is 1080. The van der Waals surface area contributed by atoms with E-state index in [0.29, 0.717) is 11.5 Å². The largest absolute Gasteiger partial charge is 0.349 e. The van der Waals surface area contributed by atoms with Crippen LogP contribution in [0.25, 0.3) is 11.4 Å². The molecule has 3 aromatic rings. The number of aromatic nitrogens is 4. The molecule has 3 atom stereocenters. The standard InChI is InChI=1S/C21H18BrFN6O/c22-12-10-26-21(27-11-12)28-16-9-13-5-6-17(16)29(13)20(30)14-3-1-4-15(23)18(14)19-24-7-2-8-25-19/h1-4,7-8,10-11,13,16-17H,5-6,9H2,(H,26,27,28). The average Bonchev–Trinajstić information content (AvgIpc) is 3.33. The van der Waals surface area contributed by atoms with Crippen molar-refractivity contribution in [2.45, 2.75) is 37.4 Å². The first-order valence-electron chi connectivity index (χ1n) is 9.74. The van der Waals surface area contributed by atoms with Gasteiger partial charge in [-0.15, -0.1) is 0 Å². The summed E-state index contributed by atoms with van der Waals surface area (Å²) < 4.78 is 15.5. The van der Waals surface area contributed by atoms with Crippen LogP contribution in [0, 0.1) is 5.82 Å². The summed E-state index contributed by atoms with van der Waals surface area (Å²) in [7, 11) is 0. The fraction of sp³-hybridized carbons (Fsp3) is 0.286. The number of carbonyl (C=O) groups is 1. The predicted molar refractivity (Wildman–Crippen MR) is 112 cm³/mol. The summed E-state index contributed by atoms with van der Waals surface area (Å²) in [5.74, 6) is 0.0534. The third kappa shape index (κ3) is 3.32. The van der Waals surface area contributed by atoms with Crippen LogP contribution in [0.3, 0.4) is 0 Å². The quantitative estimate of drug-likeness (QED) is 0.628. The second-order valence-corrected chi connectivity index (χ2v) is 8.37. The average molecular weight is 469 g/mol. The lowest BCUT2D eigenvalue weighted by Gasteiger charge is -2.26. The predicted octanol–water partition coefficient (Wildman–Crippen LogP) is 3.69. The highest BCUT2D eigenvalue weighted by molar-refractivity contribution is 9.10. The normalized spacial score (nSPS) is 22.3. The van der Waals surface area contributed by atoms with Crippen molar-refractivity contribution in [3.63, 3.8) is 0 Å². The van der Waals surface area contributed by atoms with Gasteiger partial charge in [-0.25, -0.2) is 24.3 Å². The zero-order valence-electron chi connectivity index (χ0n) is 15.9. The van der Waals surface area contributed by atoms with E-state index in [2.05, 4.69) is 41.2 Å². The summed E-state index contributed by atoms with van der Waals surface area (Å²) in [6.45, 7) is 0. The van der Waals surface area contributed by atoms with Crippen molar-refractivity contribution >= 4 is 27.8 Å². The zero-order valence-corrected chi connectivity index (χ0v) is 17.5. The molecule has 9 heteroatoms. The number of benzene rings is 1. The Morgan fingerprint density at radius 2 is 1.87 bits per heavy atom. The van der Waals surface area contributed by atoms with Crippen molar-refractivity contribution in [3.05, 3.63) is 64.9 Å². The molecule has 4 heterocycles. The molecule has 2 fully saturated rings. The van der Waals surface area contributed by atoms with Gasteiger partial charge in [0.25, 0.3) is 5.91 Å². The lowest BCUT2D eigenvalue weighted by molar-refractivity contribution is 0.0728. The molecule has 152 valence electrons. The van der Waals surface area contributed by atoms with E-state index in [-0.39, 0.29) is 35.4 Å². The molecular formula is C21H18BrFN6O. The highest BCUT2D eigenvalue weighted by atomic mass is 79.9. The zero-order chi connectivity index (χ0) is 20.7. The number of carbonyl (C=O) groups excluding carboxylic acids is 1. The highest BCUT2D eigenvalue weighted by Gasteiger charge is 2.49. The van der Waals surface area contributed by atoms with Gasteiger partial charge in [-0.05, 0) is 53.4 Å². The minimum Gasteiger partial charge on any atom is -0.349 e. The number of anilines is 1. The van der Waals surface area contributed by atoms with Gasteiger partial charge in [0.1, 0.15) is 5.82 Å². The summed E-state index contributed by atoms with van der Waals surface area (Å²) in [6, 6.07) is 6.35. The SMILES string of the molecule is O=C(c1cccc(F)c1-c1ncccn1)N1C2CCC1C(Nc1ncc(Br)cn1)C2. The van der Waals surface area contributed by atoms with E-state index in [0.717, 1.165) is 23.7 Å². The number of hydrogen-bond donors (Lipinski definition) is 1. The number of fused-ring (bicyclic) bond motifs is 2. The highest BCUT2D eigenvalue weighted by Crippen LogP contribution is 2.40. The number of nitrogens with zero attached hydrogens (tertiary/aromatic N) is 5. The first-order valence-corrected chi connectivity index (χ1v) is 10.5. The third-order valence-corrected chi connectivity index (χ3v) is 6.15. The Hall–Kier alpha value is -2.94. The van der Waals surface area contributed by atoms with Gasteiger partial charge in [-0.2, -0.15) is 0 Å².